The maximum Gasteiger partial charge on any atom is 0.421 e. The number of nitrogens with one attached hydrogen (secondary N) is 1. The number of nitrogens with zero attached hydrogens (tertiary/aromatic N) is 2. The molecule has 1 amide bonds. The lowest BCUT2D eigenvalue weighted by Crippen LogP contribution is -2.53. The molecule has 0 saturated carbocycles. The highest BCUT2D eigenvalue weighted by Gasteiger charge is 2.28. The van der Waals surface area contributed by atoms with Crippen LogP contribution in [0.15, 0.2) is 0 Å². The Balaban J connectivity index is 2.50. The van der Waals surface area contributed by atoms with Crippen molar-refractivity contribution in [1.29, 1.82) is 0 Å². The highest BCUT2D eigenvalue weighted by Crippen LogP contribution is 2.05. The summed E-state index contributed by atoms with van der Waals surface area (Å²) >= 11 is 0. The van der Waals surface area contributed by atoms with E-state index in [0.717, 1.165) is 13.7 Å². The van der Waals surface area contributed by atoms with Gasteiger partial charge in [0.25, 0.3) is 0 Å². The number of methoxy groups -OCH3 is 1. The van der Waals surface area contributed by atoms with Crippen LogP contribution in [0.4, 0.5) is 4.79 Å². The molecule has 8 nitrogen and oxygen atoms in total. The Morgan fingerprint density at radius 3 is 2.41 bits per heavy atom. The minimum absolute atomic E-state index is 0.340. The van der Waals surface area contributed by atoms with Crippen molar-refractivity contribution in [2.45, 2.75) is 0 Å². The number of hydrogen-bond donors (Lipinski definition) is 2. The summed E-state index contributed by atoms with van der Waals surface area (Å²) in [5, 5.41) is 0. The zero-order valence-corrected chi connectivity index (χ0v) is 10.6. The Morgan fingerprint density at radius 1 is 1.35 bits per heavy atom. The third-order valence-corrected chi connectivity index (χ3v) is 3.98. The van der Waals surface area contributed by atoms with E-state index in [1.807, 2.05) is 4.72 Å². The average Bonchev–Trinajstić information content (AvgIpc) is 2.29. The smallest absolute Gasteiger partial charge is 0.421 e. The van der Waals surface area contributed by atoms with Gasteiger partial charge in [-0.15, -0.1) is 0 Å². The lowest BCUT2D eigenvalue weighted by Gasteiger charge is -2.33. The van der Waals surface area contributed by atoms with Gasteiger partial charge in [-0.2, -0.15) is 12.7 Å². The van der Waals surface area contributed by atoms with E-state index < -0.39 is 16.3 Å². The molecule has 9 heteroatoms. The lowest BCUT2D eigenvalue weighted by molar-refractivity contribution is 0.173. The van der Waals surface area contributed by atoms with Crippen LogP contribution in [0.5, 0.6) is 0 Å². The van der Waals surface area contributed by atoms with E-state index in [-0.39, 0.29) is 0 Å². The molecule has 0 aliphatic carbocycles. The molecule has 0 unspecified atom stereocenters. The second kappa shape index (κ2) is 6.15. The Labute approximate surface area is 101 Å². The van der Waals surface area contributed by atoms with Gasteiger partial charge in [0.2, 0.25) is 0 Å². The summed E-state index contributed by atoms with van der Waals surface area (Å²) in [6.45, 7) is 3.20. The molecular weight excluding hydrogens is 248 g/mol. The summed E-state index contributed by atoms with van der Waals surface area (Å²) in [5.74, 6) is 0. The predicted octanol–water partition coefficient (Wildman–Crippen LogP) is -1.84. The number of carbonyl (C=O) groups is 1. The minimum atomic E-state index is -3.78. The van der Waals surface area contributed by atoms with Crippen molar-refractivity contribution in [3.8, 4) is 0 Å². The maximum atomic E-state index is 11.7. The summed E-state index contributed by atoms with van der Waals surface area (Å²) in [5.41, 5.74) is 5.42. The zero-order valence-electron chi connectivity index (χ0n) is 9.76. The number of carbonyl (C=O) groups excluding carboxylic acids is 1. The minimum Gasteiger partial charge on any atom is -0.452 e. The number of nitrogens with two attached hydrogens (primary N) is 1. The van der Waals surface area contributed by atoms with Crippen LogP contribution in [-0.4, -0.2) is 70.1 Å². The maximum absolute atomic E-state index is 11.7. The van der Waals surface area contributed by atoms with E-state index in [1.54, 1.807) is 0 Å². The molecule has 0 atom stereocenters. The van der Waals surface area contributed by atoms with Gasteiger partial charge in [-0.3, -0.25) is 4.90 Å². The van der Waals surface area contributed by atoms with E-state index in [0.29, 0.717) is 32.7 Å². The first-order valence-electron chi connectivity index (χ1n) is 5.28. The van der Waals surface area contributed by atoms with Crippen LogP contribution in [0, 0.1) is 0 Å². The second-order valence-electron chi connectivity index (χ2n) is 3.63. The molecule has 1 aliphatic rings. The fraction of sp³-hybridized carbons (Fsp3) is 0.875. The third-order valence-electron chi connectivity index (χ3n) is 2.51. The fourth-order valence-corrected chi connectivity index (χ4v) is 2.65. The molecule has 0 radical (unpaired) electrons. The molecule has 1 rings (SSSR count). The van der Waals surface area contributed by atoms with Gasteiger partial charge in [0, 0.05) is 39.3 Å². The first-order valence-corrected chi connectivity index (χ1v) is 6.72. The van der Waals surface area contributed by atoms with Gasteiger partial charge >= 0.3 is 16.3 Å². The Morgan fingerprint density at radius 2 is 1.94 bits per heavy atom. The van der Waals surface area contributed by atoms with Crippen molar-refractivity contribution in [3.05, 3.63) is 0 Å². The Hall–Kier alpha value is -0.900. The number of piperazine rings is 1. The topological polar surface area (TPSA) is 105 Å². The van der Waals surface area contributed by atoms with Crippen molar-refractivity contribution >= 4 is 16.3 Å². The van der Waals surface area contributed by atoms with Crippen molar-refractivity contribution in [1.82, 2.24) is 13.9 Å². The SMILES string of the molecule is COC(=O)NS(=O)(=O)N1CCN(CCN)CC1. The summed E-state index contributed by atoms with van der Waals surface area (Å²) in [6.07, 6.45) is -0.977. The molecular formula is C8H18N4O4S. The van der Waals surface area contributed by atoms with Gasteiger partial charge in [0.15, 0.2) is 0 Å². The fourth-order valence-electron chi connectivity index (χ4n) is 1.59. The van der Waals surface area contributed by atoms with E-state index >= 15 is 0 Å². The molecule has 0 bridgehead atoms. The Bertz CT molecular complexity index is 351. The second-order valence-corrected chi connectivity index (χ2v) is 5.30. The molecule has 100 valence electrons. The molecule has 17 heavy (non-hydrogen) atoms. The first-order chi connectivity index (χ1) is 7.99. The van der Waals surface area contributed by atoms with E-state index in [9.17, 15) is 13.2 Å². The standard InChI is InChI=1S/C8H18N4O4S/c1-16-8(13)10-17(14,15)12-6-4-11(3-2-9)5-7-12/h2-7,9H2,1H3,(H,10,13). The molecule has 1 aliphatic heterocycles. The highest BCUT2D eigenvalue weighted by molar-refractivity contribution is 7.87. The van der Waals surface area contributed by atoms with Crippen molar-refractivity contribution < 1.29 is 17.9 Å². The van der Waals surface area contributed by atoms with E-state index in [1.165, 1.54) is 4.31 Å². The molecule has 3 N–H and O–H groups in total. The van der Waals surface area contributed by atoms with Gasteiger partial charge in [-0.1, -0.05) is 0 Å². The van der Waals surface area contributed by atoms with Crippen molar-refractivity contribution in [3.63, 3.8) is 0 Å². The molecule has 1 saturated heterocycles. The van der Waals surface area contributed by atoms with Crippen LogP contribution in [0.2, 0.25) is 0 Å². The van der Waals surface area contributed by atoms with Crippen LogP contribution < -0.4 is 10.5 Å². The third kappa shape index (κ3) is 4.11. The van der Waals surface area contributed by atoms with E-state index in [4.69, 9.17) is 5.73 Å². The first kappa shape index (κ1) is 14.2. The molecule has 1 fully saturated rings. The van der Waals surface area contributed by atoms with Gasteiger partial charge in [-0.25, -0.2) is 9.52 Å². The van der Waals surface area contributed by atoms with Gasteiger partial charge < -0.3 is 10.5 Å². The normalized spacial score (nSPS) is 18.9. The quantitative estimate of drug-likeness (QED) is 0.620. The summed E-state index contributed by atoms with van der Waals surface area (Å²) in [6, 6.07) is 0. The van der Waals surface area contributed by atoms with Crippen LogP contribution in [0.1, 0.15) is 0 Å². The predicted molar refractivity (Wildman–Crippen MR) is 61.5 cm³/mol. The van der Waals surface area contributed by atoms with Gasteiger partial charge in [0.05, 0.1) is 7.11 Å². The molecule has 0 aromatic rings. The zero-order chi connectivity index (χ0) is 12.9. The van der Waals surface area contributed by atoms with Crippen molar-refractivity contribution in [2.24, 2.45) is 5.73 Å². The highest BCUT2D eigenvalue weighted by atomic mass is 32.2. The number of ether oxygens (including phenoxy) is 1. The molecule has 0 aromatic carbocycles. The van der Waals surface area contributed by atoms with Crippen LogP contribution in [0.3, 0.4) is 0 Å². The summed E-state index contributed by atoms with van der Waals surface area (Å²) in [4.78, 5) is 12.9. The van der Waals surface area contributed by atoms with Gasteiger partial charge in [-0.05, 0) is 0 Å². The summed E-state index contributed by atoms with van der Waals surface area (Å²) in [7, 11) is -2.67. The van der Waals surface area contributed by atoms with Crippen LogP contribution in [0.25, 0.3) is 0 Å². The summed E-state index contributed by atoms with van der Waals surface area (Å²) < 4.78 is 30.7. The lowest BCUT2D eigenvalue weighted by atomic mass is 10.3. The molecule has 1 heterocycles. The monoisotopic (exact) mass is 266 g/mol. The van der Waals surface area contributed by atoms with E-state index in [2.05, 4.69) is 9.64 Å². The molecule has 0 aromatic heterocycles. The Kier molecular flexibility index (Phi) is 5.12. The number of rotatable bonds is 4. The largest absolute Gasteiger partial charge is 0.452 e. The van der Waals surface area contributed by atoms with Crippen molar-refractivity contribution in [2.75, 3.05) is 46.4 Å². The average molecular weight is 266 g/mol. The van der Waals surface area contributed by atoms with Crippen LogP contribution >= 0.6 is 0 Å². The number of hydrogen-bond acceptors (Lipinski definition) is 6. The molecule has 0 spiro atoms. The van der Waals surface area contributed by atoms with Crippen LogP contribution in [-0.2, 0) is 14.9 Å². The number of amides is 1. The van der Waals surface area contributed by atoms with Gasteiger partial charge in [0.1, 0.15) is 0 Å².